The van der Waals surface area contributed by atoms with E-state index in [0.29, 0.717) is 0 Å². The van der Waals surface area contributed by atoms with E-state index in [1.807, 2.05) is 7.05 Å². The van der Waals surface area contributed by atoms with Crippen LogP contribution in [-0.4, -0.2) is 12.0 Å². The number of hydrogen-bond acceptors (Lipinski definition) is 2. The van der Waals surface area contributed by atoms with Crippen LogP contribution in [0.1, 0.15) is 36.1 Å². The number of hydrogen-bond donors (Lipinski definition) is 1. The summed E-state index contributed by atoms with van der Waals surface area (Å²) in [4.78, 5) is 4.96. The summed E-state index contributed by atoms with van der Waals surface area (Å²) in [7, 11) is 2.02. The minimum Gasteiger partial charge on any atom is -0.387 e. The third-order valence-corrected chi connectivity index (χ3v) is 4.48. The van der Waals surface area contributed by atoms with Crippen LogP contribution in [0, 0.1) is 6.92 Å². The van der Waals surface area contributed by atoms with Gasteiger partial charge in [-0.05, 0) is 55.9 Å². The third-order valence-electron chi connectivity index (χ3n) is 4.02. The highest BCUT2D eigenvalue weighted by atomic mass is 79.9. The number of anilines is 1. The van der Waals surface area contributed by atoms with Crippen LogP contribution in [0.25, 0.3) is 10.9 Å². The monoisotopic (exact) mass is 318 g/mol. The molecular weight excluding hydrogens is 300 g/mol. The Morgan fingerprint density at radius 2 is 1.95 bits per heavy atom. The summed E-state index contributed by atoms with van der Waals surface area (Å²) in [6.07, 6.45) is 6.14. The molecule has 3 rings (SSSR count). The Morgan fingerprint density at radius 1 is 1.16 bits per heavy atom. The molecule has 100 valence electrons. The van der Waals surface area contributed by atoms with Crippen LogP contribution in [0.3, 0.4) is 0 Å². The van der Waals surface area contributed by atoms with E-state index in [4.69, 9.17) is 4.98 Å². The maximum absolute atomic E-state index is 4.96. The second-order valence-corrected chi connectivity index (χ2v) is 6.26. The second-order valence-electron chi connectivity index (χ2n) is 5.34. The second kappa shape index (κ2) is 5.12. The maximum atomic E-state index is 4.96. The van der Waals surface area contributed by atoms with Crippen molar-refractivity contribution >= 4 is 32.5 Å². The van der Waals surface area contributed by atoms with Crippen LogP contribution in [0.5, 0.6) is 0 Å². The van der Waals surface area contributed by atoms with E-state index in [9.17, 15) is 0 Å². The van der Waals surface area contributed by atoms with Gasteiger partial charge in [-0.15, -0.1) is 0 Å². The van der Waals surface area contributed by atoms with E-state index in [0.717, 1.165) is 22.8 Å². The molecule has 2 nitrogen and oxygen atoms in total. The summed E-state index contributed by atoms with van der Waals surface area (Å²) in [5.74, 6) is 0. The van der Waals surface area contributed by atoms with E-state index >= 15 is 0 Å². The smallest absolute Gasteiger partial charge is 0.0756 e. The van der Waals surface area contributed by atoms with Crippen LogP contribution in [0.4, 0.5) is 5.69 Å². The highest BCUT2D eigenvalue weighted by Gasteiger charge is 2.17. The normalized spacial score (nSPS) is 15.1. The number of pyridine rings is 1. The number of nitrogens with zero attached hydrogens (tertiary/aromatic N) is 1. The Hall–Kier alpha value is -1.09. The topological polar surface area (TPSA) is 24.9 Å². The van der Waals surface area contributed by atoms with E-state index in [1.54, 1.807) is 0 Å². The van der Waals surface area contributed by atoms with Gasteiger partial charge >= 0.3 is 0 Å². The van der Waals surface area contributed by atoms with Crippen molar-refractivity contribution in [1.29, 1.82) is 0 Å². The Bertz CT molecular complexity index is 634. The molecule has 0 aliphatic heterocycles. The molecule has 0 spiro atoms. The van der Waals surface area contributed by atoms with Crippen LogP contribution in [0.15, 0.2) is 16.6 Å². The van der Waals surface area contributed by atoms with Gasteiger partial charge in [0.1, 0.15) is 0 Å². The standard InChI is InChI=1S/C16H19BrN2/c1-10-8-11(17)9-13-15(10)19-14-7-5-3-4-6-12(14)16(13)18-2/h8-9H,3-7H2,1-2H3,(H,18,19). The van der Waals surface area contributed by atoms with E-state index in [2.05, 4.69) is 40.3 Å². The molecule has 0 atom stereocenters. The fourth-order valence-corrected chi connectivity index (χ4v) is 3.69. The quantitative estimate of drug-likeness (QED) is 0.776. The number of aryl methyl sites for hydroxylation is 2. The van der Waals surface area contributed by atoms with E-state index in [1.165, 1.54) is 47.2 Å². The molecule has 0 unspecified atom stereocenters. The average Bonchev–Trinajstić information content (AvgIpc) is 2.61. The summed E-state index contributed by atoms with van der Waals surface area (Å²) < 4.78 is 1.13. The molecule has 1 aromatic heterocycles. The van der Waals surface area contributed by atoms with Gasteiger partial charge in [-0.1, -0.05) is 22.4 Å². The lowest BCUT2D eigenvalue weighted by molar-refractivity contribution is 0.709. The molecule has 19 heavy (non-hydrogen) atoms. The van der Waals surface area contributed by atoms with Crippen LogP contribution in [-0.2, 0) is 12.8 Å². The van der Waals surface area contributed by atoms with Crippen molar-refractivity contribution < 1.29 is 0 Å². The molecule has 1 aliphatic carbocycles. The molecule has 1 aliphatic rings. The lowest BCUT2D eigenvalue weighted by atomic mass is 10.0. The first-order valence-corrected chi connectivity index (χ1v) is 7.79. The van der Waals surface area contributed by atoms with Gasteiger partial charge in [-0.25, -0.2) is 0 Å². The van der Waals surface area contributed by atoms with Crippen molar-refractivity contribution in [3.05, 3.63) is 33.4 Å². The molecule has 0 bridgehead atoms. The molecule has 0 saturated carbocycles. The zero-order valence-corrected chi connectivity index (χ0v) is 13.1. The van der Waals surface area contributed by atoms with Crippen molar-refractivity contribution in [3.8, 4) is 0 Å². The first kappa shape index (κ1) is 12.9. The van der Waals surface area contributed by atoms with Gasteiger partial charge in [0.25, 0.3) is 0 Å². The predicted molar refractivity (Wildman–Crippen MR) is 85.0 cm³/mol. The molecule has 2 aromatic rings. The van der Waals surface area contributed by atoms with Gasteiger partial charge in [0, 0.05) is 28.3 Å². The minimum absolute atomic E-state index is 1.12. The van der Waals surface area contributed by atoms with Gasteiger partial charge in [0.05, 0.1) is 5.52 Å². The summed E-state index contributed by atoms with van der Waals surface area (Å²) in [5.41, 5.74) is 6.41. The molecule has 1 aromatic carbocycles. The summed E-state index contributed by atoms with van der Waals surface area (Å²) in [6, 6.07) is 4.34. The Kier molecular flexibility index (Phi) is 3.48. The van der Waals surface area contributed by atoms with Gasteiger partial charge in [0.15, 0.2) is 0 Å². The van der Waals surface area contributed by atoms with E-state index in [-0.39, 0.29) is 0 Å². The zero-order valence-electron chi connectivity index (χ0n) is 11.5. The van der Waals surface area contributed by atoms with Gasteiger partial charge in [0.2, 0.25) is 0 Å². The van der Waals surface area contributed by atoms with Crippen molar-refractivity contribution in [2.45, 2.75) is 39.0 Å². The molecule has 1 heterocycles. The fraction of sp³-hybridized carbons (Fsp3) is 0.438. The lowest BCUT2D eigenvalue weighted by Gasteiger charge is -2.16. The number of nitrogens with one attached hydrogen (secondary N) is 1. The highest BCUT2D eigenvalue weighted by molar-refractivity contribution is 9.10. The maximum Gasteiger partial charge on any atom is 0.0756 e. The average molecular weight is 319 g/mol. The summed E-state index contributed by atoms with van der Waals surface area (Å²) >= 11 is 3.60. The van der Waals surface area contributed by atoms with Crippen LogP contribution in [0.2, 0.25) is 0 Å². The summed E-state index contributed by atoms with van der Waals surface area (Å²) in [6.45, 7) is 2.14. The van der Waals surface area contributed by atoms with Gasteiger partial charge in [-0.2, -0.15) is 0 Å². The number of fused-ring (bicyclic) bond motifs is 2. The highest BCUT2D eigenvalue weighted by Crippen LogP contribution is 2.35. The third kappa shape index (κ3) is 2.25. The predicted octanol–water partition coefficient (Wildman–Crippen LogP) is 4.62. The lowest BCUT2D eigenvalue weighted by Crippen LogP contribution is -2.04. The molecule has 0 amide bonds. The number of aromatic nitrogens is 1. The van der Waals surface area contributed by atoms with Gasteiger partial charge < -0.3 is 5.32 Å². The Balaban J connectivity index is 2.36. The summed E-state index contributed by atoms with van der Waals surface area (Å²) in [5, 5.41) is 4.66. The van der Waals surface area contributed by atoms with Crippen molar-refractivity contribution in [1.82, 2.24) is 4.98 Å². The van der Waals surface area contributed by atoms with Crippen LogP contribution < -0.4 is 5.32 Å². The molecule has 3 heteroatoms. The molecule has 0 radical (unpaired) electrons. The Morgan fingerprint density at radius 3 is 2.74 bits per heavy atom. The Labute approximate surface area is 122 Å². The number of benzene rings is 1. The molecule has 1 N–H and O–H groups in total. The largest absolute Gasteiger partial charge is 0.387 e. The van der Waals surface area contributed by atoms with E-state index < -0.39 is 0 Å². The molecule has 0 fully saturated rings. The number of halogens is 1. The zero-order chi connectivity index (χ0) is 13.4. The molecule has 0 saturated heterocycles. The fourth-order valence-electron chi connectivity index (χ4n) is 3.12. The van der Waals surface area contributed by atoms with Crippen LogP contribution >= 0.6 is 15.9 Å². The number of rotatable bonds is 1. The molecular formula is C16H19BrN2. The first-order chi connectivity index (χ1) is 9.20. The minimum atomic E-state index is 1.12. The first-order valence-electron chi connectivity index (χ1n) is 7.00. The van der Waals surface area contributed by atoms with Crippen molar-refractivity contribution in [3.63, 3.8) is 0 Å². The van der Waals surface area contributed by atoms with Gasteiger partial charge in [-0.3, -0.25) is 4.98 Å². The van der Waals surface area contributed by atoms with Crippen molar-refractivity contribution in [2.75, 3.05) is 12.4 Å². The van der Waals surface area contributed by atoms with Crippen molar-refractivity contribution in [2.24, 2.45) is 0 Å². The SMILES string of the molecule is CNc1c2c(nc3c(C)cc(Br)cc13)CCCCC2.